The van der Waals surface area contributed by atoms with Crippen molar-refractivity contribution in [3.8, 4) is 0 Å². The Bertz CT molecular complexity index is 513. The largest absolute Gasteiger partial charge is 0.468 e. The van der Waals surface area contributed by atoms with Gasteiger partial charge in [-0.1, -0.05) is 0 Å². The molecule has 2 aromatic heterocycles. The van der Waals surface area contributed by atoms with Crippen LogP contribution < -0.4 is 5.32 Å². The van der Waals surface area contributed by atoms with Gasteiger partial charge >= 0.3 is 0 Å². The summed E-state index contributed by atoms with van der Waals surface area (Å²) < 4.78 is 11.1. The lowest BCUT2D eigenvalue weighted by Gasteiger charge is -1.99. The molecule has 0 saturated heterocycles. The van der Waals surface area contributed by atoms with Crippen LogP contribution in [0.1, 0.15) is 30.1 Å². The first-order valence-corrected chi connectivity index (χ1v) is 7.27. The second kappa shape index (κ2) is 5.24. The maximum absolute atomic E-state index is 5.79. The molecule has 3 nitrogen and oxygen atoms in total. The topological polar surface area (TPSA) is 38.3 Å². The molecular weight excluding hydrogens is 246 g/mol. The van der Waals surface area contributed by atoms with Gasteiger partial charge in [0.05, 0.1) is 18.6 Å². The standard InChI is InChI=1S/C14H17NO2S/c1-10-14(6-7-16-10)18-9-13-5-4-12(17-13)8-15-11-2-3-11/h4-7,11,15H,2-3,8-9H2,1H3. The minimum Gasteiger partial charge on any atom is -0.468 e. The lowest BCUT2D eigenvalue weighted by molar-refractivity contribution is 0.458. The highest BCUT2D eigenvalue weighted by atomic mass is 32.2. The highest BCUT2D eigenvalue weighted by Gasteiger charge is 2.20. The maximum atomic E-state index is 5.79. The van der Waals surface area contributed by atoms with Crippen molar-refractivity contribution in [3.05, 3.63) is 41.7 Å². The van der Waals surface area contributed by atoms with Crippen molar-refractivity contribution in [1.82, 2.24) is 5.32 Å². The van der Waals surface area contributed by atoms with Crippen molar-refractivity contribution in [1.29, 1.82) is 0 Å². The van der Waals surface area contributed by atoms with Crippen molar-refractivity contribution in [3.63, 3.8) is 0 Å². The Labute approximate surface area is 111 Å². The number of aryl methyl sites for hydroxylation is 1. The van der Waals surface area contributed by atoms with Crippen LogP contribution in [0.25, 0.3) is 0 Å². The summed E-state index contributed by atoms with van der Waals surface area (Å²) in [5, 5.41) is 3.45. The summed E-state index contributed by atoms with van der Waals surface area (Å²) in [4.78, 5) is 1.18. The van der Waals surface area contributed by atoms with Gasteiger partial charge in [-0.3, -0.25) is 0 Å². The van der Waals surface area contributed by atoms with Gasteiger partial charge in [-0.25, -0.2) is 0 Å². The summed E-state index contributed by atoms with van der Waals surface area (Å²) in [5.74, 6) is 3.88. The Morgan fingerprint density at radius 1 is 1.28 bits per heavy atom. The van der Waals surface area contributed by atoms with Crippen molar-refractivity contribution in [2.75, 3.05) is 0 Å². The van der Waals surface area contributed by atoms with Gasteiger partial charge in [0.2, 0.25) is 0 Å². The van der Waals surface area contributed by atoms with E-state index in [4.69, 9.17) is 8.83 Å². The van der Waals surface area contributed by atoms with Crippen LogP contribution in [0.5, 0.6) is 0 Å². The smallest absolute Gasteiger partial charge is 0.118 e. The first-order chi connectivity index (χ1) is 8.81. The molecule has 0 atom stereocenters. The Kier molecular flexibility index (Phi) is 3.48. The number of nitrogens with one attached hydrogen (secondary N) is 1. The van der Waals surface area contributed by atoms with E-state index in [0.717, 1.165) is 35.6 Å². The quantitative estimate of drug-likeness (QED) is 0.806. The van der Waals surface area contributed by atoms with Crippen molar-refractivity contribution < 1.29 is 8.83 Å². The van der Waals surface area contributed by atoms with E-state index in [-0.39, 0.29) is 0 Å². The molecule has 1 N–H and O–H groups in total. The van der Waals surface area contributed by atoms with Crippen LogP contribution in [0, 0.1) is 6.92 Å². The molecule has 0 radical (unpaired) electrons. The van der Waals surface area contributed by atoms with Gasteiger partial charge in [0.25, 0.3) is 0 Å². The second-order valence-electron chi connectivity index (χ2n) is 4.65. The fourth-order valence-corrected chi connectivity index (χ4v) is 2.66. The zero-order valence-electron chi connectivity index (χ0n) is 10.4. The maximum Gasteiger partial charge on any atom is 0.118 e. The van der Waals surface area contributed by atoms with Crippen LogP contribution in [0.15, 0.2) is 38.2 Å². The van der Waals surface area contributed by atoms with Crippen molar-refractivity contribution in [2.45, 2.75) is 43.0 Å². The normalized spacial score (nSPS) is 15.2. The predicted octanol–water partition coefficient (Wildman–Crippen LogP) is 3.73. The SMILES string of the molecule is Cc1occc1SCc1ccc(CNC2CC2)o1. The van der Waals surface area contributed by atoms with Crippen LogP contribution in [0.3, 0.4) is 0 Å². The lowest BCUT2D eigenvalue weighted by Crippen LogP contribution is -2.14. The lowest BCUT2D eigenvalue weighted by atomic mass is 10.4. The summed E-state index contributed by atoms with van der Waals surface area (Å²) in [7, 11) is 0. The van der Waals surface area contributed by atoms with Crippen molar-refractivity contribution in [2.24, 2.45) is 0 Å². The summed E-state index contributed by atoms with van der Waals surface area (Å²) in [6, 6.07) is 6.85. The van der Waals surface area contributed by atoms with Gasteiger partial charge in [-0.15, -0.1) is 11.8 Å². The molecule has 2 aromatic rings. The van der Waals surface area contributed by atoms with Gasteiger partial charge in [0.15, 0.2) is 0 Å². The molecule has 0 spiro atoms. The zero-order valence-corrected chi connectivity index (χ0v) is 11.3. The summed E-state index contributed by atoms with van der Waals surface area (Å²) >= 11 is 1.75. The third-order valence-electron chi connectivity index (χ3n) is 3.04. The molecule has 96 valence electrons. The van der Waals surface area contributed by atoms with Gasteiger partial charge < -0.3 is 14.2 Å². The Hall–Kier alpha value is -1.13. The molecule has 1 aliphatic rings. The molecule has 1 saturated carbocycles. The van der Waals surface area contributed by atoms with Gasteiger partial charge in [-0.2, -0.15) is 0 Å². The number of rotatable bonds is 6. The minimum atomic E-state index is 0.724. The highest BCUT2D eigenvalue weighted by molar-refractivity contribution is 7.98. The minimum absolute atomic E-state index is 0.724. The molecule has 4 heteroatoms. The van der Waals surface area contributed by atoms with Crippen LogP contribution in [-0.4, -0.2) is 6.04 Å². The zero-order chi connectivity index (χ0) is 12.4. The number of hydrogen-bond acceptors (Lipinski definition) is 4. The molecular formula is C14H17NO2S. The molecule has 0 aromatic carbocycles. The fraction of sp³-hybridized carbons (Fsp3) is 0.429. The third-order valence-corrected chi connectivity index (χ3v) is 4.20. The van der Waals surface area contributed by atoms with Crippen LogP contribution in [0.2, 0.25) is 0 Å². The summed E-state index contributed by atoms with van der Waals surface area (Å²) in [6.45, 7) is 2.83. The first-order valence-electron chi connectivity index (χ1n) is 6.29. The number of hydrogen-bond donors (Lipinski definition) is 1. The van der Waals surface area contributed by atoms with Gasteiger partial charge in [0, 0.05) is 10.9 Å². The van der Waals surface area contributed by atoms with E-state index in [1.165, 1.54) is 17.7 Å². The third kappa shape index (κ3) is 3.00. The molecule has 0 aliphatic heterocycles. The first kappa shape index (κ1) is 11.9. The van der Waals surface area contributed by atoms with Crippen LogP contribution >= 0.6 is 11.8 Å². The molecule has 2 heterocycles. The fourth-order valence-electron chi connectivity index (χ4n) is 1.80. The van der Waals surface area contributed by atoms with E-state index in [0.29, 0.717) is 0 Å². The molecule has 0 amide bonds. The highest BCUT2D eigenvalue weighted by Crippen LogP contribution is 2.27. The van der Waals surface area contributed by atoms with E-state index in [2.05, 4.69) is 17.4 Å². The van der Waals surface area contributed by atoms with Crippen molar-refractivity contribution >= 4 is 11.8 Å². The molecule has 0 bridgehead atoms. The average molecular weight is 263 g/mol. The van der Waals surface area contributed by atoms with E-state index < -0.39 is 0 Å². The molecule has 18 heavy (non-hydrogen) atoms. The Balaban J connectivity index is 1.51. The van der Waals surface area contributed by atoms with E-state index in [1.54, 1.807) is 18.0 Å². The Morgan fingerprint density at radius 3 is 2.83 bits per heavy atom. The van der Waals surface area contributed by atoms with Gasteiger partial charge in [-0.05, 0) is 38.0 Å². The van der Waals surface area contributed by atoms with E-state index in [9.17, 15) is 0 Å². The predicted molar refractivity (Wildman–Crippen MR) is 71.6 cm³/mol. The molecule has 1 aliphatic carbocycles. The van der Waals surface area contributed by atoms with Crippen LogP contribution in [-0.2, 0) is 12.3 Å². The Morgan fingerprint density at radius 2 is 2.11 bits per heavy atom. The number of thioether (sulfide) groups is 1. The molecule has 3 rings (SSSR count). The summed E-state index contributed by atoms with van der Waals surface area (Å²) in [5.41, 5.74) is 0. The van der Waals surface area contributed by atoms with E-state index in [1.807, 2.05) is 13.0 Å². The molecule has 0 unspecified atom stereocenters. The van der Waals surface area contributed by atoms with Crippen LogP contribution in [0.4, 0.5) is 0 Å². The van der Waals surface area contributed by atoms with E-state index >= 15 is 0 Å². The number of furan rings is 2. The monoisotopic (exact) mass is 263 g/mol. The molecule has 1 fully saturated rings. The average Bonchev–Trinajstić information content (AvgIpc) is 2.94. The summed E-state index contributed by atoms with van der Waals surface area (Å²) in [6.07, 6.45) is 4.34. The second-order valence-corrected chi connectivity index (χ2v) is 5.67. The van der Waals surface area contributed by atoms with Gasteiger partial charge in [0.1, 0.15) is 17.3 Å².